The first kappa shape index (κ1) is 14.2. The average molecular weight is 277 g/mol. The Kier molecular flexibility index (Phi) is 4.12. The lowest BCUT2D eigenvalue weighted by Crippen LogP contribution is -2.40. The van der Waals surface area contributed by atoms with E-state index < -0.39 is 5.97 Å². The highest BCUT2D eigenvalue weighted by molar-refractivity contribution is 6.00. The zero-order valence-electron chi connectivity index (χ0n) is 11.4. The summed E-state index contributed by atoms with van der Waals surface area (Å²) in [5.41, 5.74) is 6.33. The summed E-state index contributed by atoms with van der Waals surface area (Å²) in [4.78, 5) is 25.0. The minimum atomic E-state index is -1.09. The summed E-state index contributed by atoms with van der Waals surface area (Å²) < 4.78 is 0. The van der Waals surface area contributed by atoms with Crippen LogP contribution >= 0.6 is 0 Å². The Balaban J connectivity index is 2.11. The first-order valence-corrected chi connectivity index (χ1v) is 6.66. The Hall–Kier alpha value is -2.24. The largest absolute Gasteiger partial charge is 0.478 e. The van der Waals surface area contributed by atoms with Crippen LogP contribution < -0.4 is 11.1 Å². The number of hydrogen-bond acceptors (Lipinski definition) is 3. The SMILES string of the molecule is CC1CCN(C(=O)Nc2cc(N)ccc2C(=O)O)CC1. The molecule has 6 nitrogen and oxygen atoms in total. The summed E-state index contributed by atoms with van der Waals surface area (Å²) >= 11 is 0. The highest BCUT2D eigenvalue weighted by Gasteiger charge is 2.21. The molecule has 0 bridgehead atoms. The zero-order valence-corrected chi connectivity index (χ0v) is 11.4. The number of nitrogens with zero attached hydrogens (tertiary/aromatic N) is 1. The number of carbonyl (C=O) groups excluding carboxylic acids is 1. The van der Waals surface area contributed by atoms with Crippen molar-refractivity contribution in [2.45, 2.75) is 19.8 Å². The number of nitrogen functional groups attached to an aromatic ring is 1. The second-order valence-electron chi connectivity index (χ2n) is 5.21. The van der Waals surface area contributed by atoms with E-state index in [-0.39, 0.29) is 17.3 Å². The number of piperidine rings is 1. The number of carboxylic acid groups (broad SMARTS) is 1. The Morgan fingerprint density at radius 1 is 1.35 bits per heavy atom. The van der Waals surface area contributed by atoms with E-state index in [0.717, 1.165) is 12.8 Å². The third-order valence-electron chi connectivity index (χ3n) is 3.59. The number of carbonyl (C=O) groups is 2. The van der Waals surface area contributed by atoms with E-state index >= 15 is 0 Å². The molecule has 2 amide bonds. The molecule has 1 aromatic carbocycles. The Bertz CT molecular complexity index is 522. The van der Waals surface area contributed by atoms with Gasteiger partial charge >= 0.3 is 12.0 Å². The van der Waals surface area contributed by atoms with Gasteiger partial charge < -0.3 is 21.1 Å². The molecule has 0 saturated carbocycles. The number of likely N-dealkylation sites (tertiary alicyclic amines) is 1. The molecule has 0 unspecified atom stereocenters. The fraction of sp³-hybridized carbons (Fsp3) is 0.429. The molecule has 0 spiro atoms. The first-order chi connectivity index (χ1) is 9.47. The molecule has 0 atom stereocenters. The normalized spacial score (nSPS) is 15.9. The smallest absolute Gasteiger partial charge is 0.337 e. The van der Waals surface area contributed by atoms with Gasteiger partial charge in [0.25, 0.3) is 0 Å². The van der Waals surface area contributed by atoms with Gasteiger partial charge in [-0.3, -0.25) is 0 Å². The van der Waals surface area contributed by atoms with Gasteiger partial charge in [0.05, 0.1) is 11.3 Å². The van der Waals surface area contributed by atoms with Crippen LogP contribution in [0.3, 0.4) is 0 Å². The van der Waals surface area contributed by atoms with Crippen LogP contribution in [0, 0.1) is 5.92 Å². The molecule has 0 aliphatic carbocycles. The molecule has 1 saturated heterocycles. The first-order valence-electron chi connectivity index (χ1n) is 6.66. The van der Waals surface area contributed by atoms with Gasteiger partial charge in [0.15, 0.2) is 0 Å². The fourth-order valence-corrected chi connectivity index (χ4v) is 2.26. The molecule has 20 heavy (non-hydrogen) atoms. The number of benzene rings is 1. The molecule has 1 fully saturated rings. The molecule has 4 N–H and O–H groups in total. The predicted molar refractivity (Wildman–Crippen MR) is 76.8 cm³/mol. The molecule has 1 aliphatic rings. The Labute approximate surface area is 117 Å². The number of rotatable bonds is 2. The molecular weight excluding hydrogens is 258 g/mol. The molecule has 1 aliphatic heterocycles. The van der Waals surface area contributed by atoms with Gasteiger partial charge in [-0.1, -0.05) is 6.92 Å². The number of anilines is 2. The van der Waals surface area contributed by atoms with Crippen molar-refractivity contribution < 1.29 is 14.7 Å². The standard InChI is InChI=1S/C14H19N3O3/c1-9-4-6-17(7-5-9)14(20)16-12-8-10(15)2-3-11(12)13(18)19/h2-3,8-9H,4-7,15H2,1H3,(H,16,20)(H,18,19). The van der Waals surface area contributed by atoms with E-state index in [9.17, 15) is 9.59 Å². The lowest BCUT2D eigenvalue weighted by Gasteiger charge is -2.30. The van der Waals surface area contributed by atoms with Crippen LogP contribution in [-0.4, -0.2) is 35.1 Å². The van der Waals surface area contributed by atoms with Gasteiger partial charge in [-0.05, 0) is 37.0 Å². The van der Waals surface area contributed by atoms with Gasteiger partial charge in [0.1, 0.15) is 0 Å². The molecule has 6 heteroatoms. The van der Waals surface area contributed by atoms with E-state index in [1.165, 1.54) is 18.2 Å². The van der Waals surface area contributed by atoms with Crippen LogP contribution in [0.1, 0.15) is 30.1 Å². The van der Waals surface area contributed by atoms with Crippen molar-refractivity contribution in [3.05, 3.63) is 23.8 Å². The molecule has 1 aromatic rings. The van der Waals surface area contributed by atoms with Gasteiger partial charge in [0, 0.05) is 18.8 Å². The fourth-order valence-electron chi connectivity index (χ4n) is 2.26. The van der Waals surface area contributed by atoms with Crippen LogP contribution in [0.2, 0.25) is 0 Å². The van der Waals surface area contributed by atoms with Gasteiger partial charge in [0.2, 0.25) is 0 Å². The van der Waals surface area contributed by atoms with Crippen LogP contribution in [0.4, 0.5) is 16.2 Å². The second kappa shape index (κ2) is 5.81. The van der Waals surface area contributed by atoms with Crippen molar-refractivity contribution in [1.82, 2.24) is 4.90 Å². The maximum atomic E-state index is 12.1. The van der Waals surface area contributed by atoms with E-state index in [0.29, 0.717) is 24.7 Å². The monoisotopic (exact) mass is 277 g/mol. The van der Waals surface area contributed by atoms with Crippen LogP contribution in [0.25, 0.3) is 0 Å². The minimum absolute atomic E-state index is 0.0397. The maximum Gasteiger partial charge on any atom is 0.337 e. The Morgan fingerprint density at radius 2 is 2.00 bits per heavy atom. The molecule has 1 heterocycles. The lowest BCUT2D eigenvalue weighted by molar-refractivity contribution is 0.0698. The maximum absolute atomic E-state index is 12.1. The van der Waals surface area contributed by atoms with Crippen molar-refractivity contribution in [1.29, 1.82) is 0 Å². The second-order valence-corrected chi connectivity index (χ2v) is 5.21. The molecule has 0 radical (unpaired) electrons. The highest BCUT2D eigenvalue weighted by Crippen LogP contribution is 2.21. The lowest BCUT2D eigenvalue weighted by atomic mass is 10.00. The van der Waals surface area contributed by atoms with Crippen molar-refractivity contribution in [3.63, 3.8) is 0 Å². The van der Waals surface area contributed by atoms with Gasteiger partial charge in [-0.25, -0.2) is 9.59 Å². The van der Waals surface area contributed by atoms with E-state index in [1.54, 1.807) is 4.90 Å². The van der Waals surface area contributed by atoms with Crippen molar-refractivity contribution in [3.8, 4) is 0 Å². The summed E-state index contributed by atoms with van der Waals surface area (Å²) in [6, 6.07) is 4.09. The predicted octanol–water partition coefficient (Wildman–Crippen LogP) is 2.23. The summed E-state index contributed by atoms with van der Waals surface area (Å²) in [5, 5.41) is 11.8. The van der Waals surface area contributed by atoms with E-state index in [2.05, 4.69) is 12.2 Å². The van der Waals surface area contributed by atoms with Crippen LogP contribution in [0.5, 0.6) is 0 Å². The van der Waals surface area contributed by atoms with Crippen molar-refractivity contribution >= 4 is 23.4 Å². The van der Waals surface area contributed by atoms with Crippen molar-refractivity contribution in [2.24, 2.45) is 5.92 Å². The van der Waals surface area contributed by atoms with E-state index in [4.69, 9.17) is 10.8 Å². The van der Waals surface area contributed by atoms with Crippen LogP contribution in [-0.2, 0) is 0 Å². The number of urea groups is 1. The molecule has 0 aromatic heterocycles. The van der Waals surface area contributed by atoms with Gasteiger partial charge in [-0.2, -0.15) is 0 Å². The quantitative estimate of drug-likeness (QED) is 0.722. The molecule has 108 valence electrons. The number of nitrogens with one attached hydrogen (secondary N) is 1. The summed E-state index contributed by atoms with van der Waals surface area (Å²) in [6.45, 7) is 3.55. The summed E-state index contributed by atoms with van der Waals surface area (Å²) in [6.07, 6.45) is 1.94. The number of amides is 2. The number of aromatic carboxylic acids is 1. The third kappa shape index (κ3) is 3.20. The Morgan fingerprint density at radius 3 is 2.60 bits per heavy atom. The number of hydrogen-bond donors (Lipinski definition) is 3. The zero-order chi connectivity index (χ0) is 14.7. The van der Waals surface area contributed by atoms with Gasteiger partial charge in [-0.15, -0.1) is 0 Å². The van der Waals surface area contributed by atoms with Crippen molar-refractivity contribution in [2.75, 3.05) is 24.1 Å². The average Bonchev–Trinajstić information content (AvgIpc) is 2.39. The van der Waals surface area contributed by atoms with E-state index in [1.807, 2.05) is 0 Å². The topological polar surface area (TPSA) is 95.7 Å². The highest BCUT2D eigenvalue weighted by atomic mass is 16.4. The molecule has 2 rings (SSSR count). The number of carboxylic acids is 1. The molecular formula is C14H19N3O3. The summed E-state index contributed by atoms with van der Waals surface area (Å²) in [7, 11) is 0. The summed E-state index contributed by atoms with van der Waals surface area (Å²) in [5.74, 6) is -0.464. The number of nitrogens with two attached hydrogens (primary N) is 1. The minimum Gasteiger partial charge on any atom is -0.478 e. The van der Waals surface area contributed by atoms with Crippen LogP contribution in [0.15, 0.2) is 18.2 Å². The third-order valence-corrected chi connectivity index (χ3v) is 3.59.